The fourth-order valence-corrected chi connectivity index (χ4v) is 1.15. The van der Waals surface area contributed by atoms with Crippen molar-refractivity contribution in [1.29, 1.82) is 0 Å². The zero-order chi connectivity index (χ0) is 14.6. The third-order valence-electron chi connectivity index (χ3n) is 1.99. The highest BCUT2D eigenvalue weighted by molar-refractivity contribution is 5.92. The maximum absolute atomic E-state index is 13.2. The molecule has 0 saturated heterocycles. The number of carbonyl (C=O) groups excluding carboxylic acids is 1. The van der Waals surface area contributed by atoms with E-state index in [1.165, 1.54) is 0 Å². The predicted molar refractivity (Wildman–Crippen MR) is 56.6 cm³/mol. The van der Waals surface area contributed by atoms with Crippen LogP contribution in [0.3, 0.4) is 0 Å². The van der Waals surface area contributed by atoms with Gasteiger partial charge >= 0.3 is 0 Å². The summed E-state index contributed by atoms with van der Waals surface area (Å²) >= 11 is 0. The van der Waals surface area contributed by atoms with E-state index in [2.05, 4.69) is 11.2 Å². The van der Waals surface area contributed by atoms with Gasteiger partial charge in [-0.05, 0) is 0 Å². The minimum atomic E-state index is -2.29. The number of carbonyl (C=O) groups is 1. The summed E-state index contributed by atoms with van der Waals surface area (Å²) in [6.07, 6.45) is 4.87. The van der Waals surface area contributed by atoms with E-state index in [1.54, 1.807) is 5.32 Å². The Bertz CT molecular complexity index is 524. The van der Waals surface area contributed by atoms with Gasteiger partial charge < -0.3 is 5.32 Å². The van der Waals surface area contributed by atoms with E-state index in [0.717, 1.165) is 0 Å². The standard InChI is InChI=1S/C11H7F5N2O/c1-2-3-17-4-5(19)18-11-9(15)7(13)6(12)8(14)10(11)16/h1,17H,3-4H2,(H,18,19). The Labute approximate surface area is 104 Å². The summed E-state index contributed by atoms with van der Waals surface area (Å²) in [5.41, 5.74) is -1.40. The zero-order valence-corrected chi connectivity index (χ0v) is 9.29. The fraction of sp³-hybridized carbons (Fsp3) is 0.182. The van der Waals surface area contributed by atoms with Gasteiger partial charge in [-0.2, -0.15) is 0 Å². The van der Waals surface area contributed by atoms with Crippen molar-refractivity contribution in [3.8, 4) is 12.3 Å². The van der Waals surface area contributed by atoms with Crippen LogP contribution in [0.15, 0.2) is 0 Å². The van der Waals surface area contributed by atoms with Gasteiger partial charge in [0.15, 0.2) is 23.3 Å². The maximum atomic E-state index is 13.2. The van der Waals surface area contributed by atoms with Crippen LogP contribution >= 0.6 is 0 Å². The number of benzene rings is 1. The lowest BCUT2D eigenvalue weighted by atomic mass is 10.2. The number of hydrogen-bond acceptors (Lipinski definition) is 2. The molecular weight excluding hydrogens is 271 g/mol. The summed E-state index contributed by atoms with van der Waals surface area (Å²) in [7, 11) is 0. The van der Waals surface area contributed by atoms with Crippen molar-refractivity contribution < 1.29 is 26.7 Å². The number of amides is 1. The van der Waals surface area contributed by atoms with Crippen molar-refractivity contribution in [2.75, 3.05) is 18.4 Å². The van der Waals surface area contributed by atoms with Crippen LogP contribution in [-0.4, -0.2) is 19.0 Å². The minimum absolute atomic E-state index is 0.00449. The monoisotopic (exact) mass is 278 g/mol. The quantitative estimate of drug-likeness (QED) is 0.288. The van der Waals surface area contributed by atoms with E-state index in [-0.39, 0.29) is 6.54 Å². The number of nitrogens with one attached hydrogen (secondary N) is 2. The summed E-state index contributed by atoms with van der Waals surface area (Å²) in [4.78, 5) is 11.2. The number of rotatable bonds is 4. The van der Waals surface area contributed by atoms with Crippen molar-refractivity contribution in [3.63, 3.8) is 0 Å². The minimum Gasteiger partial charge on any atom is -0.320 e. The Morgan fingerprint density at radius 3 is 1.95 bits per heavy atom. The molecule has 0 aliphatic carbocycles. The van der Waals surface area contributed by atoms with E-state index in [9.17, 15) is 26.7 Å². The summed E-state index contributed by atoms with van der Waals surface area (Å²) in [6, 6.07) is 0. The van der Waals surface area contributed by atoms with E-state index >= 15 is 0 Å². The Kier molecular flexibility index (Phi) is 4.83. The summed E-state index contributed by atoms with van der Waals surface area (Å²) < 4.78 is 64.6. The van der Waals surface area contributed by atoms with Crippen LogP contribution in [0.1, 0.15) is 0 Å². The first-order valence-electron chi connectivity index (χ1n) is 4.85. The molecule has 0 heterocycles. The van der Waals surface area contributed by atoms with Gasteiger partial charge in [-0.25, -0.2) is 22.0 Å². The Morgan fingerprint density at radius 2 is 1.47 bits per heavy atom. The first-order valence-corrected chi connectivity index (χ1v) is 4.85. The van der Waals surface area contributed by atoms with Gasteiger partial charge in [-0.15, -0.1) is 6.42 Å². The molecule has 0 radical (unpaired) electrons. The van der Waals surface area contributed by atoms with E-state index in [1.807, 2.05) is 0 Å². The molecule has 0 saturated carbocycles. The number of terminal acetylenes is 1. The van der Waals surface area contributed by atoms with Gasteiger partial charge in [-0.1, -0.05) is 5.92 Å². The largest absolute Gasteiger partial charge is 0.320 e. The molecule has 0 unspecified atom stereocenters. The normalized spacial score (nSPS) is 10.1. The molecule has 0 fully saturated rings. The molecule has 0 spiro atoms. The second-order valence-corrected chi connectivity index (χ2v) is 3.30. The van der Waals surface area contributed by atoms with Gasteiger partial charge in [0, 0.05) is 0 Å². The van der Waals surface area contributed by atoms with Crippen LogP contribution in [0.5, 0.6) is 0 Å². The van der Waals surface area contributed by atoms with Crippen LogP contribution in [0.2, 0.25) is 0 Å². The van der Waals surface area contributed by atoms with Crippen molar-refractivity contribution in [3.05, 3.63) is 29.1 Å². The molecule has 0 bridgehead atoms. The molecule has 8 heteroatoms. The van der Waals surface area contributed by atoms with Crippen LogP contribution in [0.25, 0.3) is 0 Å². The highest BCUT2D eigenvalue weighted by atomic mass is 19.2. The van der Waals surface area contributed by atoms with Gasteiger partial charge in [0.1, 0.15) is 5.69 Å². The smallest absolute Gasteiger partial charge is 0.238 e. The lowest BCUT2D eigenvalue weighted by molar-refractivity contribution is -0.115. The summed E-state index contributed by atoms with van der Waals surface area (Å²) in [5.74, 6) is -9.65. The number of anilines is 1. The highest BCUT2D eigenvalue weighted by Crippen LogP contribution is 2.26. The molecule has 0 atom stereocenters. The molecule has 1 amide bonds. The first-order chi connectivity index (χ1) is 8.90. The summed E-state index contributed by atoms with van der Waals surface area (Å²) in [5, 5.41) is 3.96. The highest BCUT2D eigenvalue weighted by Gasteiger charge is 2.26. The van der Waals surface area contributed by atoms with Crippen molar-refractivity contribution >= 4 is 11.6 Å². The van der Waals surface area contributed by atoms with Crippen molar-refractivity contribution in [1.82, 2.24) is 5.32 Å². The average Bonchev–Trinajstić information content (AvgIpc) is 2.39. The predicted octanol–water partition coefficient (Wildman–Crippen LogP) is 1.54. The molecule has 2 N–H and O–H groups in total. The number of halogens is 5. The molecular formula is C11H7F5N2O. The molecule has 0 aliphatic heterocycles. The topological polar surface area (TPSA) is 41.1 Å². The maximum Gasteiger partial charge on any atom is 0.238 e. The first kappa shape index (κ1) is 14.9. The van der Waals surface area contributed by atoms with Crippen LogP contribution in [0, 0.1) is 41.4 Å². The third kappa shape index (κ3) is 3.20. The van der Waals surface area contributed by atoms with Crippen LogP contribution in [0.4, 0.5) is 27.6 Å². The molecule has 1 aromatic carbocycles. The average molecular weight is 278 g/mol. The Balaban J connectivity index is 2.96. The lowest BCUT2D eigenvalue weighted by Crippen LogP contribution is -2.29. The fourth-order valence-electron chi connectivity index (χ4n) is 1.15. The second kappa shape index (κ2) is 6.15. The Morgan fingerprint density at radius 1 is 1.00 bits per heavy atom. The van der Waals surface area contributed by atoms with Gasteiger partial charge in [0.05, 0.1) is 13.1 Å². The van der Waals surface area contributed by atoms with Gasteiger partial charge in [-0.3, -0.25) is 10.1 Å². The third-order valence-corrected chi connectivity index (χ3v) is 1.99. The van der Waals surface area contributed by atoms with E-state index in [4.69, 9.17) is 6.42 Å². The van der Waals surface area contributed by atoms with Crippen LogP contribution < -0.4 is 10.6 Å². The van der Waals surface area contributed by atoms with Crippen molar-refractivity contribution in [2.45, 2.75) is 0 Å². The molecule has 19 heavy (non-hydrogen) atoms. The molecule has 3 nitrogen and oxygen atoms in total. The second-order valence-electron chi connectivity index (χ2n) is 3.30. The Hall–Kier alpha value is -2.14. The molecule has 0 aliphatic rings. The van der Waals surface area contributed by atoms with Gasteiger partial charge in [0.25, 0.3) is 0 Å². The number of hydrogen-bond donors (Lipinski definition) is 2. The molecule has 1 rings (SSSR count). The zero-order valence-electron chi connectivity index (χ0n) is 9.29. The van der Waals surface area contributed by atoms with E-state index in [0.29, 0.717) is 0 Å². The lowest BCUT2D eigenvalue weighted by Gasteiger charge is -2.09. The molecule has 0 aromatic heterocycles. The van der Waals surface area contributed by atoms with E-state index < -0.39 is 47.2 Å². The summed E-state index contributed by atoms with van der Waals surface area (Å²) in [6.45, 7) is -0.436. The van der Waals surface area contributed by atoms with Crippen molar-refractivity contribution in [2.24, 2.45) is 0 Å². The van der Waals surface area contributed by atoms with Gasteiger partial charge in [0.2, 0.25) is 11.7 Å². The molecule has 102 valence electrons. The SMILES string of the molecule is C#CCNCC(=O)Nc1c(F)c(F)c(F)c(F)c1F. The van der Waals surface area contributed by atoms with Crippen LogP contribution in [-0.2, 0) is 4.79 Å². The molecule has 1 aromatic rings.